The molecule has 4 nitrogen and oxygen atoms in total. The first-order valence-electron chi connectivity index (χ1n) is 7.21. The molecule has 21 heavy (non-hydrogen) atoms. The number of halogens is 2. The Labute approximate surface area is 122 Å². The highest BCUT2D eigenvalue weighted by molar-refractivity contribution is 5.99. The summed E-state index contributed by atoms with van der Waals surface area (Å²) in [5, 5.41) is 9.17. The third kappa shape index (κ3) is 3.50. The second kappa shape index (κ2) is 6.85. The molecule has 3 N–H and O–H groups in total. The Balaban J connectivity index is 2.27. The highest BCUT2D eigenvalue weighted by Gasteiger charge is 2.27. The molecule has 1 amide bonds. The van der Waals surface area contributed by atoms with Gasteiger partial charge in [-0.1, -0.05) is 19.3 Å². The standard InChI is InChI=1S/C15H20F2N2O2/c16-12-8-11(14(18)9-13(12)17)15(21)19(6-7-20)10-4-2-1-3-5-10/h8-10,20H,1-7,18H2. The van der Waals surface area contributed by atoms with Gasteiger partial charge in [-0.3, -0.25) is 4.79 Å². The lowest BCUT2D eigenvalue weighted by molar-refractivity contribution is 0.0586. The molecule has 0 heterocycles. The lowest BCUT2D eigenvalue weighted by Gasteiger charge is -2.34. The number of nitrogen functional groups attached to an aromatic ring is 1. The summed E-state index contributed by atoms with van der Waals surface area (Å²) in [6.45, 7) is -0.00619. The van der Waals surface area contributed by atoms with Crippen molar-refractivity contribution >= 4 is 11.6 Å². The van der Waals surface area contributed by atoms with Crippen LogP contribution < -0.4 is 5.73 Å². The summed E-state index contributed by atoms with van der Waals surface area (Å²) in [5.41, 5.74) is 5.50. The molecular weight excluding hydrogens is 278 g/mol. The van der Waals surface area contributed by atoms with Crippen molar-refractivity contribution in [2.45, 2.75) is 38.1 Å². The molecule has 0 radical (unpaired) electrons. The highest BCUT2D eigenvalue weighted by atomic mass is 19.2. The monoisotopic (exact) mass is 298 g/mol. The quantitative estimate of drug-likeness (QED) is 0.838. The van der Waals surface area contributed by atoms with Crippen molar-refractivity contribution in [1.82, 2.24) is 4.90 Å². The Morgan fingerprint density at radius 1 is 1.24 bits per heavy atom. The number of carbonyl (C=O) groups excluding carboxylic acids is 1. The fraction of sp³-hybridized carbons (Fsp3) is 0.533. The van der Waals surface area contributed by atoms with Crippen LogP contribution >= 0.6 is 0 Å². The van der Waals surface area contributed by atoms with Gasteiger partial charge in [0, 0.05) is 24.3 Å². The molecule has 2 rings (SSSR count). The number of anilines is 1. The van der Waals surface area contributed by atoms with E-state index in [-0.39, 0.29) is 30.4 Å². The fourth-order valence-electron chi connectivity index (χ4n) is 2.85. The van der Waals surface area contributed by atoms with Crippen LogP contribution in [0.25, 0.3) is 0 Å². The molecule has 0 atom stereocenters. The highest BCUT2D eigenvalue weighted by Crippen LogP contribution is 2.26. The van der Waals surface area contributed by atoms with Crippen molar-refractivity contribution in [1.29, 1.82) is 0 Å². The van der Waals surface area contributed by atoms with Crippen LogP contribution in [0, 0.1) is 11.6 Å². The van der Waals surface area contributed by atoms with Crippen molar-refractivity contribution in [3.8, 4) is 0 Å². The number of rotatable bonds is 4. The summed E-state index contributed by atoms with van der Waals surface area (Å²) in [7, 11) is 0. The van der Waals surface area contributed by atoms with Gasteiger partial charge in [-0.05, 0) is 18.9 Å². The van der Waals surface area contributed by atoms with Gasteiger partial charge in [0.05, 0.1) is 12.2 Å². The van der Waals surface area contributed by atoms with Crippen molar-refractivity contribution in [2.75, 3.05) is 18.9 Å². The average molecular weight is 298 g/mol. The molecule has 1 aliphatic carbocycles. The maximum atomic E-state index is 13.4. The van der Waals surface area contributed by atoms with E-state index in [0.717, 1.165) is 44.2 Å². The minimum Gasteiger partial charge on any atom is -0.398 e. The molecule has 1 fully saturated rings. The third-order valence-electron chi connectivity index (χ3n) is 3.94. The van der Waals surface area contributed by atoms with Gasteiger partial charge >= 0.3 is 0 Å². The van der Waals surface area contributed by atoms with E-state index in [1.54, 1.807) is 0 Å². The zero-order valence-electron chi connectivity index (χ0n) is 11.8. The van der Waals surface area contributed by atoms with Crippen molar-refractivity contribution in [2.24, 2.45) is 0 Å². The van der Waals surface area contributed by atoms with E-state index >= 15 is 0 Å². The van der Waals surface area contributed by atoms with Crippen molar-refractivity contribution < 1.29 is 18.7 Å². The summed E-state index contributed by atoms with van der Waals surface area (Å²) in [5.74, 6) is -2.62. The van der Waals surface area contributed by atoms with Crippen LogP contribution in [0.1, 0.15) is 42.5 Å². The molecule has 1 aliphatic rings. The maximum Gasteiger partial charge on any atom is 0.256 e. The van der Waals surface area contributed by atoms with Crippen LogP contribution in [-0.2, 0) is 0 Å². The number of aliphatic hydroxyl groups excluding tert-OH is 1. The smallest absolute Gasteiger partial charge is 0.256 e. The van der Waals surface area contributed by atoms with Crippen LogP contribution in [0.5, 0.6) is 0 Å². The first-order chi connectivity index (χ1) is 10.0. The summed E-state index contributed by atoms with van der Waals surface area (Å²) in [6.07, 6.45) is 4.88. The van der Waals surface area contributed by atoms with E-state index in [0.29, 0.717) is 0 Å². The van der Waals surface area contributed by atoms with Crippen LogP contribution in [0.4, 0.5) is 14.5 Å². The molecule has 0 bridgehead atoms. The maximum absolute atomic E-state index is 13.4. The van der Waals surface area contributed by atoms with Gasteiger partial charge in [0.2, 0.25) is 0 Å². The van der Waals surface area contributed by atoms with Gasteiger partial charge in [0.15, 0.2) is 11.6 Å². The van der Waals surface area contributed by atoms with Crippen LogP contribution in [0.15, 0.2) is 12.1 Å². The van der Waals surface area contributed by atoms with Crippen molar-refractivity contribution in [3.63, 3.8) is 0 Å². The van der Waals surface area contributed by atoms with E-state index < -0.39 is 17.5 Å². The zero-order valence-corrected chi connectivity index (χ0v) is 11.8. The summed E-state index contributed by atoms with van der Waals surface area (Å²) >= 11 is 0. The molecule has 0 aromatic heterocycles. The number of hydrogen-bond donors (Lipinski definition) is 2. The molecule has 116 valence electrons. The van der Waals surface area contributed by atoms with Gasteiger partial charge in [0.1, 0.15) is 0 Å². The summed E-state index contributed by atoms with van der Waals surface area (Å²) in [4.78, 5) is 14.1. The first-order valence-corrected chi connectivity index (χ1v) is 7.21. The largest absolute Gasteiger partial charge is 0.398 e. The molecule has 6 heteroatoms. The molecule has 0 aliphatic heterocycles. The second-order valence-corrected chi connectivity index (χ2v) is 5.37. The second-order valence-electron chi connectivity index (χ2n) is 5.37. The van der Waals surface area contributed by atoms with Gasteiger partial charge in [-0.25, -0.2) is 8.78 Å². The number of benzene rings is 1. The van der Waals surface area contributed by atoms with Crippen LogP contribution in [0.2, 0.25) is 0 Å². The van der Waals surface area contributed by atoms with Gasteiger partial charge in [-0.2, -0.15) is 0 Å². The number of nitrogens with two attached hydrogens (primary N) is 1. The van der Waals surface area contributed by atoms with E-state index in [2.05, 4.69) is 0 Å². The summed E-state index contributed by atoms with van der Waals surface area (Å²) < 4.78 is 26.5. The Hall–Kier alpha value is -1.69. The minimum absolute atomic E-state index is 0.0194. The number of carbonyl (C=O) groups is 1. The molecule has 1 aromatic carbocycles. The average Bonchev–Trinajstić information content (AvgIpc) is 2.49. The first kappa shape index (κ1) is 15.7. The van der Waals surface area contributed by atoms with Gasteiger partial charge in [0.25, 0.3) is 5.91 Å². The molecule has 0 saturated heterocycles. The predicted molar refractivity (Wildman–Crippen MR) is 75.8 cm³/mol. The lowest BCUT2D eigenvalue weighted by Crippen LogP contribution is -2.43. The number of nitrogens with zero attached hydrogens (tertiary/aromatic N) is 1. The Morgan fingerprint density at radius 2 is 1.86 bits per heavy atom. The molecule has 1 saturated carbocycles. The number of hydrogen-bond acceptors (Lipinski definition) is 3. The fourth-order valence-corrected chi connectivity index (χ4v) is 2.85. The van der Waals surface area contributed by atoms with E-state index in [1.807, 2.05) is 0 Å². The van der Waals surface area contributed by atoms with E-state index in [1.165, 1.54) is 4.90 Å². The molecule has 1 aromatic rings. The lowest BCUT2D eigenvalue weighted by atomic mass is 9.93. The Bertz CT molecular complexity index is 517. The van der Waals surface area contributed by atoms with Crippen LogP contribution in [-0.4, -0.2) is 35.1 Å². The number of amides is 1. The Morgan fingerprint density at radius 3 is 2.48 bits per heavy atom. The topological polar surface area (TPSA) is 66.6 Å². The third-order valence-corrected chi connectivity index (χ3v) is 3.94. The van der Waals surface area contributed by atoms with Gasteiger partial charge < -0.3 is 15.7 Å². The zero-order chi connectivity index (χ0) is 15.4. The number of aliphatic hydroxyl groups is 1. The van der Waals surface area contributed by atoms with E-state index in [4.69, 9.17) is 5.73 Å². The van der Waals surface area contributed by atoms with E-state index in [9.17, 15) is 18.7 Å². The van der Waals surface area contributed by atoms with Crippen LogP contribution in [0.3, 0.4) is 0 Å². The predicted octanol–water partition coefficient (Wildman–Crippen LogP) is 2.31. The summed E-state index contributed by atoms with van der Waals surface area (Å²) in [6, 6.07) is 1.67. The SMILES string of the molecule is Nc1cc(F)c(F)cc1C(=O)N(CCO)C1CCCCC1. The molecular formula is C15H20F2N2O2. The minimum atomic E-state index is -1.10. The molecule has 0 spiro atoms. The van der Waals surface area contributed by atoms with Gasteiger partial charge in [-0.15, -0.1) is 0 Å². The molecule has 0 unspecified atom stereocenters. The Kier molecular flexibility index (Phi) is 5.12. The van der Waals surface area contributed by atoms with Crippen molar-refractivity contribution in [3.05, 3.63) is 29.3 Å². The normalized spacial score (nSPS) is 16.0.